The van der Waals surface area contributed by atoms with Crippen molar-refractivity contribution in [3.63, 3.8) is 0 Å². The van der Waals surface area contributed by atoms with E-state index in [9.17, 15) is 26.3 Å². The van der Waals surface area contributed by atoms with E-state index >= 15 is 0 Å². The zero-order chi connectivity index (χ0) is 25.8. The van der Waals surface area contributed by atoms with Crippen LogP contribution in [-0.4, -0.2) is 0 Å². The van der Waals surface area contributed by atoms with E-state index in [1.165, 1.54) is 38.1 Å². The second-order valence-electron chi connectivity index (χ2n) is 9.03. The minimum Gasteiger partial charge on any atom is -0.166 e. The molecule has 0 aromatic heterocycles. The molecule has 0 heterocycles. The van der Waals surface area contributed by atoms with Gasteiger partial charge in [0.15, 0.2) is 0 Å². The molecular weight excluding hydrogens is 474 g/mol. The summed E-state index contributed by atoms with van der Waals surface area (Å²) in [7, 11) is 0. The third-order valence-electron chi connectivity index (χ3n) is 6.55. The lowest BCUT2D eigenvalue weighted by molar-refractivity contribution is -0.138. The summed E-state index contributed by atoms with van der Waals surface area (Å²) in [4.78, 5) is 0. The van der Waals surface area contributed by atoms with Crippen LogP contribution in [-0.2, 0) is 12.4 Å². The van der Waals surface area contributed by atoms with Gasteiger partial charge in [0.2, 0.25) is 0 Å². The third kappa shape index (κ3) is 4.43. The number of aryl methyl sites for hydroxylation is 2. The number of alkyl halides is 6. The fourth-order valence-electron chi connectivity index (χ4n) is 4.57. The molecule has 5 aromatic carbocycles. The van der Waals surface area contributed by atoms with Gasteiger partial charge in [-0.1, -0.05) is 48.5 Å². The molecule has 0 bridgehead atoms. The monoisotopic (exact) mass is 494 g/mol. The van der Waals surface area contributed by atoms with Gasteiger partial charge in [0, 0.05) is 0 Å². The van der Waals surface area contributed by atoms with Gasteiger partial charge in [-0.25, -0.2) is 0 Å². The number of hydrogen-bond donors (Lipinski definition) is 0. The molecule has 0 fully saturated rings. The molecule has 0 saturated heterocycles. The Labute approximate surface area is 203 Å². The highest BCUT2D eigenvalue weighted by Gasteiger charge is 2.33. The highest BCUT2D eigenvalue weighted by Crippen LogP contribution is 2.37. The maximum atomic E-state index is 13.4. The van der Waals surface area contributed by atoms with E-state index in [4.69, 9.17) is 0 Å². The zero-order valence-electron chi connectivity index (χ0n) is 19.4. The van der Waals surface area contributed by atoms with E-state index in [0.29, 0.717) is 22.3 Å². The highest BCUT2D eigenvalue weighted by atomic mass is 19.4. The van der Waals surface area contributed by atoms with E-state index < -0.39 is 23.5 Å². The highest BCUT2D eigenvalue weighted by molar-refractivity contribution is 6.01. The minimum absolute atomic E-state index is 0.171. The molecule has 0 unspecified atom stereocenters. The van der Waals surface area contributed by atoms with E-state index in [2.05, 4.69) is 0 Å². The minimum atomic E-state index is -4.43. The summed E-state index contributed by atoms with van der Waals surface area (Å²) in [5.41, 5.74) is 1.32. The Morgan fingerprint density at radius 2 is 0.722 bits per heavy atom. The predicted octanol–water partition coefficient (Wildman–Crippen LogP) is 9.98. The van der Waals surface area contributed by atoms with Crippen LogP contribution in [0, 0.1) is 13.8 Å². The van der Waals surface area contributed by atoms with Crippen molar-refractivity contribution in [1.29, 1.82) is 0 Å². The maximum Gasteiger partial charge on any atom is 0.416 e. The second-order valence-corrected chi connectivity index (χ2v) is 9.03. The van der Waals surface area contributed by atoms with Crippen molar-refractivity contribution in [2.45, 2.75) is 26.2 Å². The normalized spacial score (nSPS) is 12.4. The van der Waals surface area contributed by atoms with Crippen LogP contribution in [0.3, 0.4) is 0 Å². The molecule has 0 atom stereocenters. The molecule has 36 heavy (non-hydrogen) atoms. The first-order valence-corrected chi connectivity index (χ1v) is 11.2. The van der Waals surface area contributed by atoms with Gasteiger partial charge >= 0.3 is 12.4 Å². The Morgan fingerprint density at radius 1 is 0.389 bits per heavy atom. The first kappa shape index (κ1) is 23.9. The molecule has 0 radical (unpaired) electrons. The number of hydrogen-bond acceptors (Lipinski definition) is 0. The van der Waals surface area contributed by atoms with Gasteiger partial charge in [-0.2, -0.15) is 26.3 Å². The average Bonchev–Trinajstić information content (AvgIpc) is 2.81. The lowest BCUT2D eigenvalue weighted by Gasteiger charge is -2.13. The fraction of sp³-hybridized carbons (Fsp3) is 0.133. The van der Waals surface area contributed by atoms with Gasteiger partial charge in [0.25, 0.3) is 0 Å². The number of rotatable bonds is 2. The largest absolute Gasteiger partial charge is 0.416 e. The smallest absolute Gasteiger partial charge is 0.166 e. The van der Waals surface area contributed by atoms with Crippen LogP contribution in [0.25, 0.3) is 43.8 Å². The third-order valence-corrected chi connectivity index (χ3v) is 6.55. The molecule has 0 saturated carbocycles. The van der Waals surface area contributed by atoms with Crippen LogP contribution < -0.4 is 0 Å². The fourth-order valence-corrected chi connectivity index (χ4v) is 4.57. The molecule has 0 amide bonds. The molecular formula is C30H20F6. The Kier molecular flexibility index (Phi) is 5.58. The van der Waals surface area contributed by atoms with Gasteiger partial charge in [-0.15, -0.1) is 0 Å². The van der Waals surface area contributed by atoms with E-state index in [1.807, 2.05) is 36.4 Å². The summed E-state index contributed by atoms with van der Waals surface area (Å²) in [6, 6.07) is 23.4. The molecule has 5 aromatic rings. The molecule has 182 valence electrons. The summed E-state index contributed by atoms with van der Waals surface area (Å²) >= 11 is 0. The van der Waals surface area contributed by atoms with Crippen molar-refractivity contribution >= 4 is 21.5 Å². The maximum absolute atomic E-state index is 13.4. The number of benzene rings is 5. The Balaban J connectivity index is 1.57. The van der Waals surface area contributed by atoms with Crippen LogP contribution in [0.15, 0.2) is 84.9 Å². The molecule has 0 aliphatic carbocycles. The van der Waals surface area contributed by atoms with Crippen LogP contribution in [0.1, 0.15) is 22.3 Å². The topological polar surface area (TPSA) is 0 Å². The van der Waals surface area contributed by atoms with Crippen molar-refractivity contribution < 1.29 is 26.3 Å². The quantitative estimate of drug-likeness (QED) is 0.169. The van der Waals surface area contributed by atoms with Crippen molar-refractivity contribution in [3.05, 3.63) is 107 Å². The van der Waals surface area contributed by atoms with E-state index in [-0.39, 0.29) is 11.1 Å². The predicted molar refractivity (Wildman–Crippen MR) is 132 cm³/mol. The molecule has 0 aliphatic rings. The molecule has 0 nitrogen and oxygen atoms in total. The Hall–Kier alpha value is -3.80. The first-order valence-electron chi connectivity index (χ1n) is 11.2. The summed E-state index contributed by atoms with van der Waals surface area (Å²) in [5.74, 6) is 0. The summed E-state index contributed by atoms with van der Waals surface area (Å²) in [6.45, 7) is 2.88. The van der Waals surface area contributed by atoms with Gasteiger partial charge in [0.1, 0.15) is 0 Å². The van der Waals surface area contributed by atoms with Crippen molar-refractivity contribution in [2.24, 2.45) is 0 Å². The Bertz CT molecular complexity index is 1500. The molecule has 0 N–H and O–H groups in total. The van der Waals surface area contributed by atoms with E-state index in [0.717, 1.165) is 21.5 Å². The van der Waals surface area contributed by atoms with Crippen LogP contribution in [0.5, 0.6) is 0 Å². The number of fused-ring (bicyclic) bond motifs is 2. The van der Waals surface area contributed by atoms with Crippen LogP contribution in [0.2, 0.25) is 0 Å². The molecule has 0 spiro atoms. The van der Waals surface area contributed by atoms with Crippen LogP contribution >= 0.6 is 0 Å². The second kappa shape index (κ2) is 8.40. The molecule has 0 aliphatic heterocycles. The standard InChI is InChI=1S/C30H20F6/c1-17-3-5-23(15-27(17)29(31,32)33)19-7-9-21-14-26-12-20(8-10-22(26)13-25(21)11-19)24-6-4-18(2)28(16-24)30(34,35)36/h3-16H,1-2H3. The van der Waals surface area contributed by atoms with Crippen molar-refractivity contribution in [3.8, 4) is 22.3 Å². The summed E-state index contributed by atoms with van der Waals surface area (Å²) < 4.78 is 80.2. The van der Waals surface area contributed by atoms with Crippen LogP contribution in [0.4, 0.5) is 26.3 Å². The summed E-state index contributed by atoms with van der Waals surface area (Å²) in [6.07, 6.45) is -8.85. The van der Waals surface area contributed by atoms with Gasteiger partial charge in [-0.05, 0) is 105 Å². The number of halogens is 6. The van der Waals surface area contributed by atoms with Crippen molar-refractivity contribution in [2.75, 3.05) is 0 Å². The van der Waals surface area contributed by atoms with E-state index in [1.54, 1.807) is 24.3 Å². The van der Waals surface area contributed by atoms with Gasteiger partial charge in [0.05, 0.1) is 11.1 Å². The zero-order valence-corrected chi connectivity index (χ0v) is 19.4. The Morgan fingerprint density at radius 3 is 1.08 bits per heavy atom. The lowest BCUT2D eigenvalue weighted by atomic mass is 9.94. The lowest BCUT2D eigenvalue weighted by Crippen LogP contribution is -2.07. The first-order chi connectivity index (χ1) is 16.9. The molecule has 5 rings (SSSR count). The van der Waals surface area contributed by atoms with Gasteiger partial charge < -0.3 is 0 Å². The van der Waals surface area contributed by atoms with Crippen molar-refractivity contribution in [1.82, 2.24) is 0 Å². The van der Waals surface area contributed by atoms with Gasteiger partial charge in [-0.3, -0.25) is 0 Å². The SMILES string of the molecule is Cc1ccc(-c2ccc3cc4cc(-c5ccc(C)c(C(F)(F)F)c5)ccc4cc3c2)cc1C(F)(F)F. The summed E-state index contributed by atoms with van der Waals surface area (Å²) in [5, 5.41) is 3.48. The average molecular weight is 494 g/mol. The molecule has 6 heteroatoms.